The minimum Gasteiger partial charge on any atom is -0.374 e. The Hall–Kier alpha value is -1.22. The van der Waals surface area contributed by atoms with Crippen LogP contribution in [0, 0.1) is 6.92 Å². The van der Waals surface area contributed by atoms with Crippen molar-refractivity contribution in [3.63, 3.8) is 0 Å². The summed E-state index contributed by atoms with van der Waals surface area (Å²) in [4.78, 5) is 11.7. The van der Waals surface area contributed by atoms with Gasteiger partial charge in [-0.1, -0.05) is 6.92 Å². The lowest BCUT2D eigenvalue weighted by atomic mass is 10.1. The number of rotatable bonds is 4. The second-order valence-corrected chi connectivity index (χ2v) is 3.60. The Balaban J connectivity index is 3.26. The molecule has 0 fully saturated rings. The number of carbonyl (C=O) groups is 1. The van der Waals surface area contributed by atoms with Crippen LogP contribution in [0.15, 0.2) is 12.1 Å². The van der Waals surface area contributed by atoms with Crippen molar-refractivity contribution in [2.24, 2.45) is 7.05 Å². The fourth-order valence-corrected chi connectivity index (χ4v) is 1.56. The van der Waals surface area contributed by atoms with Gasteiger partial charge in [-0.15, -0.1) is 0 Å². The molecule has 0 aliphatic carbocycles. The van der Waals surface area contributed by atoms with E-state index in [-0.39, 0.29) is 5.78 Å². The molecule has 0 unspecified atom stereocenters. The summed E-state index contributed by atoms with van der Waals surface area (Å²) in [5.74, 6) is 0.164. The van der Waals surface area contributed by atoms with Gasteiger partial charge in [-0.2, -0.15) is 0 Å². The van der Waals surface area contributed by atoms with Crippen LogP contribution in [0.2, 0.25) is 0 Å². The van der Waals surface area contributed by atoms with E-state index >= 15 is 0 Å². The highest BCUT2D eigenvalue weighted by Gasteiger charge is 2.19. The van der Waals surface area contributed by atoms with E-state index in [2.05, 4.69) is 0 Å². The van der Waals surface area contributed by atoms with Gasteiger partial charge >= 0.3 is 0 Å². The molecule has 0 saturated heterocycles. The van der Waals surface area contributed by atoms with E-state index in [1.807, 2.05) is 37.6 Å². The smallest absolute Gasteiger partial charge is 0.218 e. The molecular formula is C12H18NO2+. The van der Waals surface area contributed by atoms with Gasteiger partial charge < -0.3 is 4.74 Å². The Labute approximate surface area is 90.7 Å². The van der Waals surface area contributed by atoms with Crippen LogP contribution in [0.4, 0.5) is 0 Å². The molecule has 1 aromatic rings. The molecule has 0 bridgehead atoms. The fourth-order valence-electron chi connectivity index (χ4n) is 1.56. The molecule has 3 nitrogen and oxygen atoms in total. The minimum absolute atomic E-state index is 0.164. The molecule has 0 radical (unpaired) electrons. The SMILES string of the molecule is CCC(=O)c1ccc(C)[n+](C)c1COC. The average molecular weight is 208 g/mol. The fraction of sp³-hybridized carbons (Fsp3) is 0.500. The number of Topliss-reactive ketones (excluding diaryl/α,β-unsaturated/α-hetero) is 1. The van der Waals surface area contributed by atoms with Crippen molar-refractivity contribution >= 4 is 5.78 Å². The number of hydrogen-bond acceptors (Lipinski definition) is 2. The van der Waals surface area contributed by atoms with E-state index < -0.39 is 0 Å². The third-order valence-corrected chi connectivity index (χ3v) is 2.64. The molecule has 0 N–H and O–H groups in total. The summed E-state index contributed by atoms with van der Waals surface area (Å²) in [6, 6.07) is 3.84. The van der Waals surface area contributed by atoms with Crippen LogP contribution in [0.5, 0.6) is 0 Å². The quantitative estimate of drug-likeness (QED) is 0.555. The maximum atomic E-state index is 11.7. The van der Waals surface area contributed by atoms with Crippen LogP contribution >= 0.6 is 0 Å². The molecule has 0 aliphatic heterocycles. The van der Waals surface area contributed by atoms with Gasteiger partial charge in [-0.25, -0.2) is 4.57 Å². The predicted molar refractivity (Wildman–Crippen MR) is 57.7 cm³/mol. The number of ether oxygens (including phenoxy) is 1. The summed E-state index contributed by atoms with van der Waals surface area (Å²) in [6.45, 7) is 4.36. The number of pyridine rings is 1. The maximum Gasteiger partial charge on any atom is 0.218 e. The maximum absolute atomic E-state index is 11.7. The second-order valence-electron chi connectivity index (χ2n) is 3.60. The minimum atomic E-state index is 0.164. The van der Waals surface area contributed by atoms with Crippen LogP contribution in [-0.4, -0.2) is 12.9 Å². The zero-order valence-corrected chi connectivity index (χ0v) is 9.83. The first-order valence-corrected chi connectivity index (χ1v) is 5.12. The normalized spacial score (nSPS) is 10.4. The van der Waals surface area contributed by atoms with Crippen molar-refractivity contribution in [2.75, 3.05) is 7.11 Å². The summed E-state index contributed by atoms with van der Waals surface area (Å²) in [5.41, 5.74) is 2.84. The van der Waals surface area contributed by atoms with Crippen molar-refractivity contribution in [1.29, 1.82) is 0 Å². The Morgan fingerprint density at radius 2 is 2.13 bits per heavy atom. The van der Waals surface area contributed by atoms with Gasteiger partial charge in [-0.3, -0.25) is 4.79 Å². The first-order chi connectivity index (χ1) is 7.11. The highest BCUT2D eigenvalue weighted by Crippen LogP contribution is 2.09. The monoisotopic (exact) mass is 208 g/mol. The first-order valence-electron chi connectivity index (χ1n) is 5.12. The molecule has 1 heterocycles. The second kappa shape index (κ2) is 5.03. The number of ketones is 1. The van der Waals surface area contributed by atoms with Gasteiger partial charge in [0, 0.05) is 26.5 Å². The molecule has 0 saturated carbocycles. The molecule has 0 spiro atoms. The molecule has 3 heteroatoms. The van der Waals surface area contributed by atoms with Gasteiger partial charge in [0.05, 0.1) is 5.56 Å². The highest BCUT2D eigenvalue weighted by atomic mass is 16.5. The van der Waals surface area contributed by atoms with Gasteiger partial charge in [0.15, 0.2) is 11.5 Å². The van der Waals surface area contributed by atoms with Crippen molar-refractivity contribution in [2.45, 2.75) is 26.9 Å². The lowest BCUT2D eigenvalue weighted by molar-refractivity contribution is -0.687. The zero-order valence-electron chi connectivity index (χ0n) is 9.83. The van der Waals surface area contributed by atoms with Gasteiger partial charge in [0.25, 0.3) is 0 Å². The molecule has 0 atom stereocenters. The lowest BCUT2D eigenvalue weighted by Crippen LogP contribution is -2.39. The summed E-state index contributed by atoms with van der Waals surface area (Å²) in [7, 11) is 3.60. The number of aromatic nitrogens is 1. The van der Waals surface area contributed by atoms with Crippen molar-refractivity contribution in [3.8, 4) is 0 Å². The van der Waals surface area contributed by atoms with Crippen molar-refractivity contribution < 1.29 is 14.1 Å². The molecule has 15 heavy (non-hydrogen) atoms. The third kappa shape index (κ3) is 2.42. The van der Waals surface area contributed by atoms with E-state index in [1.165, 1.54) is 0 Å². The number of nitrogens with zero attached hydrogens (tertiary/aromatic N) is 1. The van der Waals surface area contributed by atoms with Gasteiger partial charge in [0.1, 0.15) is 13.7 Å². The van der Waals surface area contributed by atoms with E-state index in [9.17, 15) is 4.79 Å². The van der Waals surface area contributed by atoms with Crippen LogP contribution in [-0.2, 0) is 18.4 Å². The number of aryl methyl sites for hydroxylation is 1. The van der Waals surface area contributed by atoms with Crippen LogP contribution in [0.1, 0.15) is 35.1 Å². The van der Waals surface area contributed by atoms with E-state index in [4.69, 9.17) is 4.74 Å². The zero-order chi connectivity index (χ0) is 11.4. The van der Waals surface area contributed by atoms with Gasteiger partial charge in [-0.05, 0) is 6.07 Å². The molecule has 1 aromatic heterocycles. The van der Waals surface area contributed by atoms with E-state index in [0.29, 0.717) is 13.0 Å². The number of carbonyl (C=O) groups excluding carboxylic acids is 1. The summed E-state index contributed by atoms with van der Waals surface area (Å²) >= 11 is 0. The van der Waals surface area contributed by atoms with Crippen LogP contribution in [0.25, 0.3) is 0 Å². The lowest BCUT2D eigenvalue weighted by Gasteiger charge is -2.06. The average Bonchev–Trinajstić information content (AvgIpc) is 2.24. The third-order valence-electron chi connectivity index (χ3n) is 2.64. The standard InChI is InChI=1S/C12H18NO2/c1-5-12(14)10-7-6-9(2)13(3)11(10)8-15-4/h6-7H,5,8H2,1-4H3/q+1. The van der Waals surface area contributed by atoms with Gasteiger partial charge in [0.2, 0.25) is 5.69 Å². The van der Waals surface area contributed by atoms with Crippen molar-refractivity contribution in [3.05, 3.63) is 29.1 Å². The van der Waals surface area contributed by atoms with E-state index in [1.54, 1.807) is 7.11 Å². The van der Waals surface area contributed by atoms with Crippen molar-refractivity contribution in [1.82, 2.24) is 0 Å². The first kappa shape index (κ1) is 11.9. The highest BCUT2D eigenvalue weighted by molar-refractivity contribution is 5.96. The Morgan fingerprint density at radius 3 is 2.67 bits per heavy atom. The summed E-state index contributed by atoms with van der Waals surface area (Å²) in [5, 5.41) is 0. The molecule has 82 valence electrons. The number of methoxy groups -OCH3 is 1. The molecule has 1 rings (SSSR count). The molecule has 0 aliphatic rings. The molecule has 0 aromatic carbocycles. The summed E-state index contributed by atoms with van der Waals surface area (Å²) in [6.07, 6.45) is 0.528. The van der Waals surface area contributed by atoms with E-state index in [0.717, 1.165) is 17.0 Å². The largest absolute Gasteiger partial charge is 0.374 e. The van der Waals surface area contributed by atoms with Crippen LogP contribution < -0.4 is 4.57 Å². The van der Waals surface area contributed by atoms with Crippen LogP contribution in [0.3, 0.4) is 0 Å². The Morgan fingerprint density at radius 1 is 1.47 bits per heavy atom. The molecule has 0 amide bonds. The topological polar surface area (TPSA) is 30.2 Å². The molecular weight excluding hydrogens is 190 g/mol. The Kier molecular flexibility index (Phi) is 3.97. The predicted octanol–water partition coefficient (Wildman–Crippen LogP) is 1.56. The summed E-state index contributed by atoms with van der Waals surface area (Å²) < 4.78 is 7.13. The Bertz CT molecular complexity index is 372. The number of hydrogen-bond donors (Lipinski definition) is 0.